The minimum Gasteiger partial charge on any atom is -0.493 e. The Morgan fingerprint density at radius 2 is 1.65 bits per heavy atom. The molecule has 2 rings (SSSR count). The maximum atomic E-state index is 13.1. The van der Waals surface area contributed by atoms with Crippen LogP contribution in [-0.2, 0) is 21.2 Å². The lowest BCUT2D eigenvalue weighted by atomic mass is 10.0. The fourth-order valence-electron chi connectivity index (χ4n) is 3.47. The van der Waals surface area contributed by atoms with Crippen LogP contribution in [0.2, 0.25) is 0 Å². The molecule has 0 saturated carbocycles. The highest BCUT2D eigenvalue weighted by atomic mass is 32.2. The molecule has 8 heteroatoms. The van der Waals surface area contributed by atoms with Gasteiger partial charge in [0.2, 0.25) is 15.9 Å². The molecule has 0 aliphatic rings. The second kappa shape index (κ2) is 10.5. The van der Waals surface area contributed by atoms with E-state index in [-0.39, 0.29) is 11.9 Å². The van der Waals surface area contributed by atoms with Crippen LogP contribution in [0, 0.1) is 0 Å². The van der Waals surface area contributed by atoms with E-state index in [0.717, 1.165) is 28.1 Å². The van der Waals surface area contributed by atoms with Crippen LogP contribution in [0.25, 0.3) is 0 Å². The summed E-state index contributed by atoms with van der Waals surface area (Å²) in [5, 5.41) is 2.98. The van der Waals surface area contributed by atoms with Crippen molar-refractivity contribution in [2.24, 2.45) is 0 Å². The Hall–Kier alpha value is -2.74. The van der Waals surface area contributed by atoms with Gasteiger partial charge in [0, 0.05) is 0 Å². The number of anilines is 1. The largest absolute Gasteiger partial charge is 0.493 e. The SMILES string of the molecule is CCc1ccc(N([C@H](C)C(=O)N[C@H](CC)c2ccc(OC)c(OC)c2)S(C)(=O)=O)cc1. The van der Waals surface area contributed by atoms with E-state index in [0.29, 0.717) is 23.6 Å². The van der Waals surface area contributed by atoms with Gasteiger partial charge in [0.15, 0.2) is 11.5 Å². The molecule has 0 saturated heterocycles. The summed E-state index contributed by atoms with van der Waals surface area (Å²) in [6.07, 6.45) is 2.58. The maximum absolute atomic E-state index is 13.1. The van der Waals surface area contributed by atoms with Gasteiger partial charge in [-0.05, 0) is 55.2 Å². The van der Waals surface area contributed by atoms with Crippen molar-refractivity contribution in [3.63, 3.8) is 0 Å². The fraction of sp³-hybridized carbons (Fsp3) is 0.435. The molecule has 170 valence electrons. The first kappa shape index (κ1) is 24.5. The van der Waals surface area contributed by atoms with Crippen LogP contribution in [0.3, 0.4) is 0 Å². The summed E-state index contributed by atoms with van der Waals surface area (Å²) in [7, 11) is -0.559. The number of sulfonamides is 1. The van der Waals surface area contributed by atoms with Crippen molar-refractivity contribution >= 4 is 21.6 Å². The van der Waals surface area contributed by atoms with Crippen LogP contribution < -0.4 is 19.1 Å². The van der Waals surface area contributed by atoms with E-state index in [1.165, 1.54) is 0 Å². The Bertz CT molecular complexity index is 990. The molecule has 0 aliphatic carbocycles. The number of hydrogen-bond acceptors (Lipinski definition) is 5. The van der Waals surface area contributed by atoms with Gasteiger partial charge in [0.05, 0.1) is 32.2 Å². The molecule has 0 spiro atoms. The highest BCUT2D eigenvalue weighted by Gasteiger charge is 2.30. The standard InChI is InChI=1S/C23H32N2O5S/c1-7-17-9-12-19(13-10-17)25(31(6,27)28)16(3)23(26)24-20(8-2)18-11-14-21(29-4)22(15-18)30-5/h9-16,20H,7-8H2,1-6H3,(H,24,26)/t16-,20-/m1/s1. The topological polar surface area (TPSA) is 84.9 Å². The van der Waals surface area contributed by atoms with Crippen molar-refractivity contribution < 1.29 is 22.7 Å². The molecule has 7 nitrogen and oxygen atoms in total. The van der Waals surface area contributed by atoms with Gasteiger partial charge in [-0.25, -0.2) is 8.42 Å². The smallest absolute Gasteiger partial charge is 0.244 e. The van der Waals surface area contributed by atoms with Crippen molar-refractivity contribution in [3.8, 4) is 11.5 Å². The van der Waals surface area contributed by atoms with Crippen molar-refractivity contribution in [1.82, 2.24) is 5.32 Å². The third kappa shape index (κ3) is 5.91. The second-order valence-electron chi connectivity index (χ2n) is 7.34. The van der Waals surface area contributed by atoms with Gasteiger partial charge >= 0.3 is 0 Å². The minimum atomic E-state index is -3.67. The number of amides is 1. The van der Waals surface area contributed by atoms with E-state index >= 15 is 0 Å². The molecule has 0 radical (unpaired) electrons. The quantitative estimate of drug-likeness (QED) is 0.599. The minimum absolute atomic E-state index is 0.307. The van der Waals surface area contributed by atoms with Gasteiger partial charge in [-0.2, -0.15) is 0 Å². The fourth-order valence-corrected chi connectivity index (χ4v) is 4.65. The first-order valence-electron chi connectivity index (χ1n) is 10.3. The van der Waals surface area contributed by atoms with Gasteiger partial charge in [-0.3, -0.25) is 9.10 Å². The van der Waals surface area contributed by atoms with Crippen LogP contribution in [0.5, 0.6) is 11.5 Å². The molecular weight excluding hydrogens is 416 g/mol. The van der Waals surface area contributed by atoms with E-state index in [1.807, 2.05) is 38.1 Å². The Kier molecular flexibility index (Phi) is 8.33. The first-order valence-corrected chi connectivity index (χ1v) is 12.1. The third-order valence-corrected chi connectivity index (χ3v) is 6.46. The Labute approximate surface area is 185 Å². The number of ether oxygens (including phenoxy) is 2. The lowest BCUT2D eigenvalue weighted by Gasteiger charge is -2.30. The number of methoxy groups -OCH3 is 2. The second-order valence-corrected chi connectivity index (χ2v) is 9.20. The number of carbonyl (C=O) groups is 1. The third-order valence-electron chi connectivity index (χ3n) is 5.22. The summed E-state index contributed by atoms with van der Waals surface area (Å²) in [6, 6.07) is 11.4. The molecular formula is C23H32N2O5S. The molecule has 1 amide bonds. The molecule has 0 unspecified atom stereocenters. The number of rotatable bonds is 10. The van der Waals surface area contributed by atoms with E-state index in [1.54, 1.807) is 39.3 Å². The molecule has 1 N–H and O–H groups in total. The maximum Gasteiger partial charge on any atom is 0.244 e. The summed E-state index contributed by atoms with van der Waals surface area (Å²) in [4.78, 5) is 13.1. The predicted octanol–water partition coefficient (Wildman–Crippen LogP) is 3.69. The normalized spacial score (nSPS) is 13.2. The summed E-state index contributed by atoms with van der Waals surface area (Å²) < 4.78 is 36.8. The van der Waals surface area contributed by atoms with Gasteiger partial charge < -0.3 is 14.8 Å². The van der Waals surface area contributed by atoms with Gasteiger partial charge in [0.25, 0.3) is 0 Å². The monoisotopic (exact) mass is 448 g/mol. The summed E-state index contributed by atoms with van der Waals surface area (Å²) in [5.74, 6) is 0.778. The van der Waals surface area contributed by atoms with Crippen LogP contribution in [0.1, 0.15) is 44.4 Å². The zero-order valence-electron chi connectivity index (χ0n) is 19.0. The van der Waals surface area contributed by atoms with Gasteiger partial charge in [0.1, 0.15) is 6.04 Å². The number of carbonyl (C=O) groups excluding carboxylic acids is 1. The molecule has 31 heavy (non-hydrogen) atoms. The average Bonchev–Trinajstić information content (AvgIpc) is 2.76. The highest BCUT2D eigenvalue weighted by Crippen LogP contribution is 2.31. The van der Waals surface area contributed by atoms with E-state index in [4.69, 9.17) is 9.47 Å². The average molecular weight is 449 g/mol. The lowest BCUT2D eigenvalue weighted by Crippen LogP contribution is -2.48. The number of nitrogens with zero attached hydrogens (tertiary/aromatic N) is 1. The molecule has 2 aromatic carbocycles. The number of aryl methyl sites for hydroxylation is 1. The van der Waals surface area contributed by atoms with Crippen LogP contribution in [0.15, 0.2) is 42.5 Å². The number of hydrogen-bond donors (Lipinski definition) is 1. The summed E-state index contributed by atoms with van der Waals surface area (Å²) in [5.41, 5.74) is 2.40. The zero-order valence-corrected chi connectivity index (χ0v) is 19.8. The van der Waals surface area contributed by atoms with E-state index < -0.39 is 16.1 Å². The van der Waals surface area contributed by atoms with Crippen molar-refractivity contribution in [1.29, 1.82) is 0 Å². The number of benzene rings is 2. The Morgan fingerprint density at radius 3 is 2.13 bits per heavy atom. The summed E-state index contributed by atoms with van der Waals surface area (Å²) >= 11 is 0. The van der Waals surface area contributed by atoms with Crippen LogP contribution >= 0.6 is 0 Å². The van der Waals surface area contributed by atoms with Crippen molar-refractivity contribution in [2.45, 2.75) is 45.7 Å². The first-order chi connectivity index (χ1) is 14.7. The molecule has 0 heterocycles. The van der Waals surface area contributed by atoms with Gasteiger partial charge in [-0.1, -0.05) is 32.0 Å². The molecule has 2 aromatic rings. The van der Waals surface area contributed by atoms with E-state index in [2.05, 4.69) is 5.32 Å². The molecule has 0 bridgehead atoms. The number of nitrogens with one attached hydrogen (secondary N) is 1. The highest BCUT2D eigenvalue weighted by molar-refractivity contribution is 7.92. The van der Waals surface area contributed by atoms with Crippen LogP contribution in [0.4, 0.5) is 5.69 Å². The van der Waals surface area contributed by atoms with E-state index in [9.17, 15) is 13.2 Å². The van der Waals surface area contributed by atoms with Crippen LogP contribution in [-0.4, -0.2) is 40.8 Å². The van der Waals surface area contributed by atoms with Gasteiger partial charge in [-0.15, -0.1) is 0 Å². The summed E-state index contributed by atoms with van der Waals surface area (Å²) in [6.45, 7) is 5.56. The molecule has 0 fully saturated rings. The lowest BCUT2D eigenvalue weighted by molar-refractivity contribution is -0.122. The molecule has 0 aliphatic heterocycles. The predicted molar refractivity (Wildman–Crippen MR) is 123 cm³/mol. The van der Waals surface area contributed by atoms with Crippen molar-refractivity contribution in [2.75, 3.05) is 24.8 Å². The Morgan fingerprint density at radius 1 is 1.03 bits per heavy atom. The zero-order chi connectivity index (χ0) is 23.2. The van der Waals surface area contributed by atoms with Crippen molar-refractivity contribution in [3.05, 3.63) is 53.6 Å². The molecule has 2 atom stereocenters. The Balaban J connectivity index is 2.29. The molecule has 0 aromatic heterocycles.